The summed E-state index contributed by atoms with van der Waals surface area (Å²) in [6.45, 7) is 8.62. The van der Waals surface area contributed by atoms with E-state index in [1.165, 1.54) is 15.6 Å². The van der Waals surface area contributed by atoms with Gasteiger partial charge in [-0.2, -0.15) is 4.31 Å². The minimum atomic E-state index is -3.29. The molecule has 0 bridgehead atoms. The lowest BCUT2D eigenvalue weighted by molar-refractivity contribution is 0.428. The molecule has 0 spiro atoms. The average Bonchev–Trinajstić information content (AvgIpc) is 2.82. The molecule has 104 valence electrons. The van der Waals surface area contributed by atoms with Crippen LogP contribution in [0.25, 0.3) is 0 Å². The number of nitrogens with one attached hydrogen (secondary N) is 1. The Kier molecular flexibility index (Phi) is 6.28. The van der Waals surface area contributed by atoms with E-state index < -0.39 is 10.0 Å². The second kappa shape index (κ2) is 7.23. The fourth-order valence-corrected chi connectivity index (χ4v) is 4.69. The third-order valence-electron chi connectivity index (χ3n) is 2.61. The number of sulfonamides is 1. The predicted octanol–water partition coefficient (Wildman–Crippen LogP) is 2.28. The lowest BCUT2D eigenvalue weighted by Gasteiger charge is -2.18. The van der Waals surface area contributed by atoms with E-state index in [9.17, 15) is 8.42 Å². The van der Waals surface area contributed by atoms with Crippen molar-refractivity contribution in [2.24, 2.45) is 0 Å². The van der Waals surface area contributed by atoms with Crippen LogP contribution in [-0.2, 0) is 16.6 Å². The van der Waals surface area contributed by atoms with Crippen molar-refractivity contribution >= 4 is 21.4 Å². The molecule has 1 N–H and O–H groups in total. The molecule has 0 aromatic carbocycles. The van der Waals surface area contributed by atoms with Gasteiger partial charge in [-0.1, -0.05) is 20.8 Å². The lowest BCUT2D eigenvalue weighted by Crippen LogP contribution is -2.31. The highest BCUT2D eigenvalue weighted by molar-refractivity contribution is 7.91. The van der Waals surface area contributed by atoms with Crippen molar-refractivity contribution in [1.82, 2.24) is 9.62 Å². The third kappa shape index (κ3) is 3.78. The van der Waals surface area contributed by atoms with Gasteiger partial charge in [0, 0.05) is 24.5 Å². The first-order valence-corrected chi connectivity index (χ1v) is 8.61. The Bertz CT molecular complexity index is 454. The summed E-state index contributed by atoms with van der Waals surface area (Å²) in [6.07, 6.45) is 0.836. The van der Waals surface area contributed by atoms with Gasteiger partial charge in [-0.25, -0.2) is 8.42 Å². The highest BCUT2D eigenvalue weighted by Gasteiger charge is 2.23. The topological polar surface area (TPSA) is 49.4 Å². The molecule has 0 aliphatic heterocycles. The number of thiophene rings is 1. The molecule has 1 heterocycles. The van der Waals surface area contributed by atoms with E-state index in [2.05, 4.69) is 5.32 Å². The Hall–Kier alpha value is -0.430. The first kappa shape index (κ1) is 15.6. The van der Waals surface area contributed by atoms with Crippen molar-refractivity contribution in [3.05, 3.63) is 17.0 Å². The highest BCUT2D eigenvalue weighted by atomic mass is 32.2. The number of nitrogens with zero attached hydrogens (tertiary/aromatic N) is 1. The Morgan fingerprint density at radius 3 is 2.56 bits per heavy atom. The standard InChI is InChI=1S/C12H22N2O2S2/c1-4-9-14(6-3)18(15,16)12-8-7-11(17-12)10-13-5-2/h7-8,13H,4-6,9-10H2,1-3H3. The van der Waals surface area contributed by atoms with Gasteiger partial charge in [0.2, 0.25) is 0 Å². The zero-order chi connectivity index (χ0) is 13.6. The Labute approximate surface area is 114 Å². The van der Waals surface area contributed by atoms with Crippen molar-refractivity contribution in [3.8, 4) is 0 Å². The zero-order valence-corrected chi connectivity index (χ0v) is 12.9. The maximum atomic E-state index is 12.4. The van der Waals surface area contributed by atoms with E-state index in [1.807, 2.05) is 26.8 Å². The molecule has 0 amide bonds. The smallest absolute Gasteiger partial charge is 0.252 e. The van der Waals surface area contributed by atoms with Crippen molar-refractivity contribution in [2.75, 3.05) is 19.6 Å². The number of rotatable bonds is 8. The summed E-state index contributed by atoms with van der Waals surface area (Å²) in [6, 6.07) is 3.60. The molecule has 1 rings (SSSR count). The van der Waals surface area contributed by atoms with Crippen LogP contribution in [0.1, 0.15) is 32.1 Å². The van der Waals surface area contributed by atoms with E-state index >= 15 is 0 Å². The summed E-state index contributed by atoms with van der Waals surface area (Å²) >= 11 is 1.36. The van der Waals surface area contributed by atoms with E-state index in [0.29, 0.717) is 17.3 Å². The molecule has 1 aromatic rings. The minimum Gasteiger partial charge on any atom is -0.312 e. The first-order valence-electron chi connectivity index (χ1n) is 6.35. The van der Waals surface area contributed by atoms with Crippen LogP contribution in [-0.4, -0.2) is 32.4 Å². The maximum absolute atomic E-state index is 12.4. The fraction of sp³-hybridized carbons (Fsp3) is 0.667. The van der Waals surface area contributed by atoms with Crippen LogP contribution in [0, 0.1) is 0 Å². The fourth-order valence-electron chi connectivity index (χ4n) is 1.66. The first-order chi connectivity index (χ1) is 8.56. The van der Waals surface area contributed by atoms with E-state index in [1.54, 1.807) is 6.07 Å². The zero-order valence-electron chi connectivity index (χ0n) is 11.3. The van der Waals surface area contributed by atoms with Gasteiger partial charge in [0.1, 0.15) is 4.21 Å². The van der Waals surface area contributed by atoms with E-state index in [-0.39, 0.29) is 0 Å². The van der Waals surface area contributed by atoms with Gasteiger partial charge in [-0.05, 0) is 25.1 Å². The summed E-state index contributed by atoms with van der Waals surface area (Å²) in [5.41, 5.74) is 0. The van der Waals surface area contributed by atoms with Crippen LogP contribution in [0.5, 0.6) is 0 Å². The van der Waals surface area contributed by atoms with Crippen LogP contribution in [0.15, 0.2) is 16.3 Å². The van der Waals surface area contributed by atoms with Crippen LogP contribution < -0.4 is 5.32 Å². The van der Waals surface area contributed by atoms with Crippen LogP contribution >= 0.6 is 11.3 Å². The normalized spacial score (nSPS) is 12.2. The molecule has 0 radical (unpaired) electrons. The highest BCUT2D eigenvalue weighted by Crippen LogP contribution is 2.24. The van der Waals surface area contributed by atoms with Gasteiger partial charge in [0.25, 0.3) is 10.0 Å². The largest absolute Gasteiger partial charge is 0.312 e. The van der Waals surface area contributed by atoms with Crippen LogP contribution in [0.4, 0.5) is 0 Å². The molecule has 0 atom stereocenters. The molecule has 4 nitrogen and oxygen atoms in total. The second-order valence-corrected chi connectivity index (χ2v) is 7.33. The van der Waals surface area contributed by atoms with E-state index in [4.69, 9.17) is 0 Å². The molecule has 18 heavy (non-hydrogen) atoms. The van der Waals surface area contributed by atoms with Crippen LogP contribution in [0.2, 0.25) is 0 Å². The molecule has 0 saturated heterocycles. The quantitative estimate of drug-likeness (QED) is 0.799. The monoisotopic (exact) mass is 290 g/mol. The summed E-state index contributed by atoms with van der Waals surface area (Å²) in [7, 11) is -3.29. The predicted molar refractivity (Wildman–Crippen MR) is 76.4 cm³/mol. The molecular weight excluding hydrogens is 268 g/mol. The number of hydrogen-bond donors (Lipinski definition) is 1. The van der Waals surface area contributed by atoms with Crippen molar-refractivity contribution in [3.63, 3.8) is 0 Å². The summed E-state index contributed by atoms with van der Waals surface area (Å²) < 4.78 is 26.7. The SMILES string of the molecule is CCCN(CC)S(=O)(=O)c1ccc(CNCC)s1. The molecule has 1 aromatic heterocycles. The van der Waals surface area contributed by atoms with E-state index in [0.717, 1.165) is 24.4 Å². The van der Waals surface area contributed by atoms with Gasteiger partial charge in [-0.3, -0.25) is 0 Å². The third-order valence-corrected chi connectivity index (χ3v) is 6.13. The van der Waals surface area contributed by atoms with Crippen molar-refractivity contribution < 1.29 is 8.42 Å². The molecule has 0 aliphatic rings. The van der Waals surface area contributed by atoms with Crippen molar-refractivity contribution in [1.29, 1.82) is 0 Å². The molecule has 0 fully saturated rings. The Morgan fingerprint density at radius 1 is 1.28 bits per heavy atom. The Morgan fingerprint density at radius 2 is 2.00 bits per heavy atom. The maximum Gasteiger partial charge on any atom is 0.252 e. The summed E-state index contributed by atoms with van der Waals surface area (Å²) in [5, 5.41) is 3.20. The van der Waals surface area contributed by atoms with Gasteiger partial charge in [-0.15, -0.1) is 11.3 Å². The second-order valence-electron chi connectivity index (χ2n) is 4.00. The van der Waals surface area contributed by atoms with Crippen LogP contribution in [0.3, 0.4) is 0 Å². The van der Waals surface area contributed by atoms with Gasteiger partial charge in [0.05, 0.1) is 0 Å². The van der Waals surface area contributed by atoms with Crippen molar-refractivity contribution in [2.45, 2.75) is 37.9 Å². The molecule has 0 unspecified atom stereocenters. The van der Waals surface area contributed by atoms with Gasteiger partial charge in [0.15, 0.2) is 0 Å². The van der Waals surface area contributed by atoms with Gasteiger partial charge < -0.3 is 5.32 Å². The van der Waals surface area contributed by atoms with Gasteiger partial charge >= 0.3 is 0 Å². The lowest BCUT2D eigenvalue weighted by atomic mass is 10.4. The summed E-state index contributed by atoms with van der Waals surface area (Å²) in [4.78, 5) is 1.06. The molecule has 0 aliphatic carbocycles. The molecule has 6 heteroatoms. The molecule has 0 saturated carbocycles. The molecular formula is C12H22N2O2S2. The summed E-state index contributed by atoms with van der Waals surface area (Å²) in [5.74, 6) is 0. The average molecular weight is 290 g/mol. The Balaban J connectivity index is 2.87. The number of hydrogen-bond acceptors (Lipinski definition) is 4. The minimum absolute atomic E-state index is 0.450.